The molecule has 3 amide bonds. The van der Waals surface area contributed by atoms with Crippen LogP contribution >= 0.6 is 0 Å². The van der Waals surface area contributed by atoms with Crippen LogP contribution in [-0.2, 0) is 19.6 Å². The van der Waals surface area contributed by atoms with Gasteiger partial charge in [-0.2, -0.15) is 29.2 Å². The number of hydrogen-bond donors (Lipinski definition) is 5. The van der Waals surface area contributed by atoms with E-state index in [-0.39, 0.29) is 71.2 Å². The molecule has 0 spiro atoms. The average Bonchev–Trinajstić information content (AvgIpc) is 3.90. The number of aromatic nitrogens is 8. The van der Waals surface area contributed by atoms with E-state index in [9.17, 15) is 37.9 Å². The van der Waals surface area contributed by atoms with Crippen LogP contribution in [0, 0.1) is 25.5 Å². The van der Waals surface area contributed by atoms with Crippen molar-refractivity contribution in [2.24, 2.45) is 0 Å². The maximum absolute atomic E-state index is 13.4. The van der Waals surface area contributed by atoms with E-state index in [0.717, 1.165) is 16.9 Å². The Morgan fingerprint density at radius 1 is 0.569 bits per heavy atom. The molecule has 0 radical (unpaired) electrons. The lowest BCUT2D eigenvalue weighted by Gasteiger charge is -2.10. The number of carbonyl (C=O) groups is 5. The second kappa shape index (κ2) is 17.2. The molecule has 58 heavy (non-hydrogen) atoms. The standard InChI is InChI=1S/C23H19FN6O4.C15H12FN5O3/c1-13-8-15(4-7-17(13)24)11-25-20(31)18-9-19(30-23(29-18)27-12-28-30)21(32)26-10-14-2-5-16(6-3-14)22(33)34;1-8-4-9(2-3-10(8)16)6-17-13(22)11-5-12(14(23)24)21-15(20-11)18-7-19-21/h2-9,12H,10-11H2,1H3,(H,25,31)(H,26,32)(H,33,34);2-5,7H,6H2,1H3,(H,17,22)(H,23,24). The molecular formula is C38H31F2N11O7. The predicted octanol–water partition coefficient (Wildman–Crippen LogP) is 3.33. The second-order valence-corrected chi connectivity index (χ2v) is 12.5. The lowest BCUT2D eigenvalue weighted by molar-refractivity contribution is 0.0680. The van der Waals surface area contributed by atoms with Crippen LogP contribution in [-0.4, -0.2) is 79.0 Å². The SMILES string of the molecule is Cc1cc(CNC(=O)c2cc(C(=O)NCc3ccc(C(=O)O)cc3)n3ncnc3n2)ccc1F.Cc1cc(CNC(=O)c2cc(C(=O)O)n3ncnc3n2)ccc1F. The third kappa shape index (κ3) is 9.25. The Balaban J connectivity index is 0.000000208. The second-order valence-electron chi connectivity index (χ2n) is 12.5. The maximum Gasteiger partial charge on any atom is 0.354 e. The van der Waals surface area contributed by atoms with E-state index in [1.165, 1.54) is 41.2 Å². The quantitative estimate of drug-likeness (QED) is 0.126. The van der Waals surface area contributed by atoms with Crippen molar-refractivity contribution in [2.45, 2.75) is 33.5 Å². The van der Waals surface area contributed by atoms with E-state index < -0.39 is 29.7 Å². The molecule has 4 heterocycles. The van der Waals surface area contributed by atoms with Crippen LogP contribution in [0.4, 0.5) is 8.78 Å². The van der Waals surface area contributed by atoms with Gasteiger partial charge in [0.2, 0.25) is 0 Å². The zero-order valence-corrected chi connectivity index (χ0v) is 30.5. The van der Waals surface area contributed by atoms with Gasteiger partial charge in [0.05, 0.1) is 5.56 Å². The highest BCUT2D eigenvalue weighted by Crippen LogP contribution is 2.13. The zero-order chi connectivity index (χ0) is 41.5. The first-order valence-electron chi connectivity index (χ1n) is 17.1. The van der Waals surface area contributed by atoms with Gasteiger partial charge in [-0.3, -0.25) is 14.4 Å². The molecule has 5 N–H and O–H groups in total. The number of fused-ring (bicyclic) bond motifs is 2. The molecule has 0 unspecified atom stereocenters. The first-order chi connectivity index (χ1) is 27.8. The lowest BCUT2D eigenvalue weighted by Crippen LogP contribution is -2.28. The van der Waals surface area contributed by atoms with Gasteiger partial charge >= 0.3 is 11.9 Å². The van der Waals surface area contributed by atoms with Crippen molar-refractivity contribution in [1.82, 2.24) is 55.1 Å². The number of amides is 3. The number of nitrogens with zero attached hydrogens (tertiary/aromatic N) is 8. The van der Waals surface area contributed by atoms with Crippen LogP contribution in [0.5, 0.6) is 0 Å². The Kier molecular flexibility index (Phi) is 11.8. The molecule has 294 valence electrons. The summed E-state index contributed by atoms with van der Waals surface area (Å²) in [5, 5.41) is 33.9. The molecule has 0 bridgehead atoms. The van der Waals surface area contributed by atoms with Crippen molar-refractivity contribution in [3.8, 4) is 0 Å². The van der Waals surface area contributed by atoms with E-state index >= 15 is 0 Å². The maximum atomic E-state index is 13.4. The number of hydrogen-bond acceptors (Lipinski definition) is 11. The molecule has 0 aliphatic carbocycles. The Morgan fingerprint density at radius 2 is 1.00 bits per heavy atom. The highest BCUT2D eigenvalue weighted by Gasteiger charge is 2.20. The number of nitrogens with one attached hydrogen (secondary N) is 3. The zero-order valence-electron chi connectivity index (χ0n) is 30.5. The van der Waals surface area contributed by atoms with Crippen molar-refractivity contribution in [3.05, 3.63) is 153 Å². The summed E-state index contributed by atoms with van der Waals surface area (Å²) in [6.45, 7) is 3.69. The predicted molar refractivity (Wildman–Crippen MR) is 198 cm³/mol. The third-order valence-electron chi connectivity index (χ3n) is 8.43. The fourth-order valence-corrected chi connectivity index (χ4v) is 5.39. The lowest BCUT2D eigenvalue weighted by atomic mass is 10.1. The number of carbonyl (C=O) groups excluding carboxylic acids is 3. The summed E-state index contributed by atoms with van der Waals surface area (Å²) >= 11 is 0. The average molecular weight is 792 g/mol. The molecule has 0 aliphatic heterocycles. The summed E-state index contributed by atoms with van der Waals surface area (Å²) < 4.78 is 28.9. The summed E-state index contributed by atoms with van der Waals surface area (Å²) in [4.78, 5) is 75.9. The van der Waals surface area contributed by atoms with Crippen LogP contribution in [0.15, 0.2) is 85.5 Å². The van der Waals surface area contributed by atoms with Crippen LogP contribution in [0.1, 0.15) is 80.1 Å². The monoisotopic (exact) mass is 791 g/mol. The number of rotatable bonds is 11. The Labute approximate surface area is 325 Å². The number of carboxylic acids is 2. The topological polar surface area (TPSA) is 248 Å². The summed E-state index contributed by atoms with van der Waals surface area (Å²) in [5.74, 6) is -4.49. The van der Waals surface area contributed by atoms with Gasteiger partial charge in [0.15, 0.2) is 5.69 Å². The molecular weight excluding hydrogens is 760 g/mol. The van der Waals surface area contributed by atoms with E-state index in [1.807, 2.05) is 0 Å². The van der Waals surface area contributed by atoms with Crippen LogP contribution in [0.3, 0.4) is 0 Å². The third-order valence-corrected chi connectivity index (χ3v) is 8.43. The minimum Gasteiger partial charge on any atom is -0.478 e. The fraction of sp³-hybridized carbons (Fsp3) is 0.132. The molecule has 3 aromatic carbocycles. The van der Waals surface area contributed by atoms with Gasteiger partial charge in [0.25, 0.3) is 29.3 Å². The van der Waals surface area contributed by atoms with E-state index in [4.69, 9.17) is 5.11 Å². The summed E-state index contributed by atoms with van der Waals surface area (Å²) in [5.41, 5.74) is 2.89. The van der Waals surface area contributed by atoms with Gasteiger partial charge in [-0.15, -0.1) is 0 Å². The molecule has 0 saturated carbocycles. The highest BCUT2D eigenvalue weighted by molar-refractivity contribution is 5.98. The van der Waals surface area contributed by atoms with Gasteiger partial charge in [-0.25, -0.2) is 28.3 Å². The fourth-order valence-electron chi connectivity index (χ4n) is 5.39. The normalized spacial score (nSPS) is 10.8. The van der Waals surface area contributed by atoms with Crippen LogP contribution in [0.25, 0.3) is 11.6 Å². The molecule has 18 nitrogen and oxygen atoms in total. The van der Waals surface area contributed by atoms with Crippen molar-refractivity contribution in [2.75, 3.05) is 0 Å². The van der Waals surface area contributed by atoms with Gasteiger partial charge in [-0.1, -0.05) is 36.4 Å². The number of halogens is 2. The van der Waals surface area contributed by atoms with Gasteiger partial charge in [0.1, 0.15) is 41.4 Å². The molecule has 7 aromatic rings. The minimum absolute atomic E-state index is 0.0117. The van der Waals surface area contributed by atoms with Crippen LogP contribution in [0.2, 0.25) is 0 Å². The first kappa shape index (κ1) is 39.7. The van der Waals surface area contributed by atoms with Crippen molar-refractivity contribution >= 4 is 41.2 Å². The highest BCUT2D eigenvalue weighted by atomic mass is 19.1. The largest absolute Gasteiger partial charge is 0.478 e. The number of carboxylic acid groups (broad SMARTS) is 2. The molecule has 7 rings (SSSR count). The van der Waals surface area contributed by atoms with E-state index in [1.54, 1.807) is 50.2 Å². The molecule has 4 aromatic heterocycles. The van der Waals surface area contributed by atoms with Crippen molar-refractivity contribution in [1.29, 1.82) is 0 Å². The molecule has 20 heteroatoms. The summed E-state index contributed by atoms with van der Waals surface area (Å²) in [6.07, 6.45) is 2.37. The summed E-state index contributed by atoms with van der Waals surface area (Å²) in [7, 11) is 0. The molecule has 0 aliphatic rings. The van der Waals surface area contributed by atoms with Gasteiger partial charge < -0.3 is 26.2 Å². The molecule has 0 fully saturated rings. The van der Waals surface area contributed by atoms with E-state index in [2.05, 4.69) is 46.1 Å². The van der Waals surface area contributed by atoms with Crippen LogP contribution < -0.4 is 16.0 Å². The van der Waals surface area contributed by atoms with Gasteiger partial charge in [0, 0.05) is 31.8 Å². The minimum atomic E-state index is -1.25. The number of benzene rings is 3. The van der Waals surface area contributed by atoms with Gasteiger partial charge in [-0.05, 0) is 65.9 Å². The Hall–Kier alpha value is -8.03. The summed E-state index contributed by atoms with van der Waals surface area (Å²) in [6, 6.07) is 17.5. The van der Waals surface area contributed by atoms with Crippen molar-refractivity contribution < 1.29 is 43.0 Å². The number of aromatic carboxylic acids is 2. The Morgan fingerprint density at radius 3 is 1.47 bits per heavy atom. The number of aryl methyl sites for hydroxylation is 2. The molecule has 0 atom stereocenters. The van der Waals surface area contributed by atoms with Crippen molar-refractivity contribution in [3.63, 3.8) is 0 Å². The smallest absolute Gasteiger partial charge is 0.354 e. The molecule has 0 saturated heterocycles. The van der Waals surface area contributed by atoms with E-state index in [0.29, 0.717) is 27.8 Å². The Bertz CT molecular complexity index is 2720. The first-order valence-corrected chi connectivity index (χ1v) is 17.1.